The van der Waals surface area contributed by atoms with Gasteiger partial charge in [-0.1, -0.05) is 12.1 Å². The van der Waals surface area contributed by atoms with E-state index in [-0.39, 0.29) is 24.2 Å². The molecule has 0 spiro atoms. The Bertz CT molecular complexity index is 1060. The number of halogens is 1. The number of hydrogen-bond donors (Lipinski definition) is 3. The molecule has 2 aliphatic heterocycles. The zero-order valence-corrected chi connectivity index (χ0v) is 22.0. The summed E-state index contributed by atoms with van der Waals surface area (Å²) in [4.78, 5) is 40.1. The summed E-state index contributed by atoms with van der Waals surface area (Å²) in [6, 6.07) is 3.37. The molecule has 0 radical (unpaired) electrons. The Hall–Kier alpha value is -2.68. The Labute approximate surface area is 217 Å². The third-order valence-electron chi connectivity index (χ3n) is 8.74. The fourth-order valence-corrected chi connectivity index (χ4v) is 7.02. The summed E-state index contributed by atoms with van der Waals surface area (Å²) in [5, 5.41) is 6.16. The van der Waals surface area contributed by atoms with Crippen LogP contribution in [0.15, 0.2) is 18.2 Å². The van der Waals surface area contributed by atoms with Crippen molar-refractivity contribution < 1.29 is 23.5 Å². The van der Waals surface area contributed by atoms with Gasteiger partial charge in [0.05, 0.1) is 0 Å². The summed E-state index contributed by atoms with van der Waals surface area (Å²) < 4.78 is 20.7. The lowest BCUT2D eigenvalue weighted by molar-refractivity contribution is -0.132. The van der Waals surface area contributed by atoms with E-state index >= 15 is 4.39 Å². The lowest BCUT2D eigenvalue weighted by Gasteiger charge is -2.36. The van der Waals surface area contributed by atoms with E-state index in [1.807, 2.05) is 6.07 Å². The molecule has 37 heavy (non-hydrogen) atoms. The average Bonchev–Trinajstić information content (AvgIpc) is 3.58. The molecule has 4 N–H and O–H groups in total. The minimum atomic E-state index is -1.08. The van der Waals surface area contributed by atoms with Crippen LogP contribution in [0.2, 0.25) is 0 Å². The van der Waals surface area contributed by atoms with Crippen LogP contribution in [-0.2, 0) is 20.7 Å². The second kappa shape index (κ2) is 9.89. The van der Waals surface area contributed by atoms with Gasteiger partial charge in [-0.2, -0.15) is 0 Å². The number of carbonyl (C=O) groups excluding carboxylic acids is 3. The highest BCUT2D eigenvalue weighted by molar-refractivity contribution is 5.91. The smallest absolute Gasteiger partial charge is 0.411 e. The maximum absolute atomic E-state index is 15.2. The van der Waals surface area contributed by atoms with Crippen LogP contribution in [0.25, 0.3) is 0 Å². The molecule has 2 saturated heterocycles. The maximum Gasteiger partial charge on any atom is 0.411 e. The number of likely N-dealkylation sites (tertiary alicyclic amines) is 1. The molecule has 3 amide bonds. The lowest BCUT2D eigenvalue weighted by Crippen LogP contribution is -2.57. The van der Waals surface area contributed by atoms with Crippen molar-refractivity contribution in [3.63, 3.8) is 0 Å². The molecule has 202 valence electrons. The van der Waals surface area contributed by atoms with Crippen LogP contribution in [0.3, 0.4) is 0 Å². The van der Waals surface area contributed by atoms with Gasteiger partial charge in [-0.05, 0) is 107 Å². The molecule has 1 aromatic carbocycles. The van der Waals surface area contributed by atoms with E-state index in [1.54, 1.807) is 32.9 Å². The average molecular weight is 515 g/mol. The van der Waals surface area contributed by atoms with Gasteiger partial charge in [0.2, 0.25) is 11.8 Å². The Kier molecular flexibility index (Phi) is 6.94. The zero-order valence-electron chi connectivity index (χ0n) is 22.0. The van der Waals surface area contributed by atoms with Crippen molar-refractivity contribution in [3.8, 4) is 0 Å². The molecule has 2 heterocycles. The van der Waals surface area contributed by atoms with Crippen molar-refractivity contribution in [2.75, 3.05) is 13.1 Å². The summed E-state index contributed by atoms with van der Waals surface area (Å²) >= 11 is 0. The van der Waals surface area contributed by atoms with Crippen molar-refractivity contribution in [1.82, 2.24) is 15.5 Å². The van der Waals surface area contributed by atoms with Gasteiger partial charge in [-0.3, -0.25) is 14.5 Å². The highest BCUT2D eigenvalue weighted by Gasteiger charge is 2.52. The van der Waals surface area contributed by atoms with Crippen LogP contribution in [0, 0.1) is 23.6 Å². The molecule has 2 saturated carbocycles. The summed E-state index contributed by atoms with van der Waals surface area (Å²) in [5.74, 6) is 0.113. The number of amides is 3. The van der Waals surface area contributed by atoms with Crippen LogP contribution in [0.1, 0.15) is 69.9 Å². The fourth-order valence-electron chi connectivity index (χ4n) is 7.02. The molecule has 4 aliphatic rings. The second-order valence-corrected chi connectivity index (χ2v) is 12.4. The van der Waals surface area contributed by atoms with Crippen molar-refractivity contribution in [2.24, 2.45) is 23.5 Å². The number of nitrogens with one attached hydrogen (secondary N) is 2. The highest BCUT2D eigenvalue weighted by atomic mass is 19.1. The number of rotatable bonds is 6. The second-order valence-electron chi connectivity index (χ2n) is 12.4. The molecule has 2 bridgehead atoms. The SMILES string of the molecule is CC(C)(C)OC(=O)N1[C@@H]2CC[C@@H](C2)[C@H]1C(=O)N[C@@H](Cc1ccc(C2CC3CNCC3C2)cc1F)C(N)=O. The predicted molar refractivity (Wildman–Crippen MR) is 136 cm³/mol. The monoisotopic (exact) mass is 514 g/mol. The number of fused-ring (bicyclic) bond motifs is 3. The Morgan fingerprint density at radius 3 is 2.46 bits per heavy atom. The van der Waals surface area contributed by atoms with Crippen molar-refractivity contribution in [2.45, 2.75) is 88.9 Å². The van der Waals surface area contributed by atoms with E-state index in [0.717, 1.165) is 50.8 Å². The highest BCUT2D eigenvalue weighted by Crippen LogP contribution is 2.45. The van der Waals surface area contributed by atoms with Gasteiger partial charge in [0, 0.05) is 12.5 Å². The number of nitrogens with two attached hydrogens (primary N) is 1. The van der Waals surface area contributed by atoms with Gasteiger partial charge in [-0.25, -0.2) is 9.18 Å². The van der Waals surface area contributed by atoms with Crippen LogP contribution >= 0.6 is 0 Å². The number of piperidine rings is 1. The van der Waals surface area contributed by atoms with Crippen LogP contribution in [-0.4, -0.2) is 59.6 Å². The summed E-state index contributed by atoms with van der Waals surface area (Å²) in [7, 11) is 0. The first-order valence-corrected chi connectivity index (χ1v) is 13.6. The summed E-state index contributed by atoms with van der Waals surface area (Å²) in [6.07, 6.45) is 3.95. The number of ether oxygens (including phenoxy) is 1. The summed E-state index contributed by atoms with van der Waals surface area (Å²) in [5.41, 5.74) is 6.27. The minimum Gasteiger partial charge on any atom is -0.444 e. The van der Waals surface area contributed by atoms with Gasteiger partial charge in [0.1, 0.15) is 23.5 Å². The Balaban J connectivity index is 1.26. The van der Waals surface area contributed by atoms with Crippen molar-refractivity contribution >= 4 is 17.9 Å². The van der Waals surface area contributed by atoms with Gasteiger partial charge in [-0.15, -0.1) is 0 Å². The van der Waals surface area contributed by atoms with E-state index in [0.29, 0.717) is 23.3 Å². The molecule has 9 heteroatoms. The molecule has 4 fully saturated rings. The molecule has 2 unspecified atom stereocenters. The molecule has 1 aromatic rings. The van der Waals surface area contributed by atoms with Crippen molar-refractivity contribution in [3.05, 3.63) is 35.1 Å². The first-order valence-electron chi connectivity index (χ1n) is 13.6. The zero-order chi connectivity index (χ0) is 26.5. The number of nitrogens with zero attached hydrogens (tertiary/aromatic N) is 1. The van der Waals surface area contributed by atoms with E-state index in [9.17, 15) is 14.4 Å². The van der Waals surface area contributed by atoms with Gasteiger partial charge < -0.3 is 21.1 Å². The number of primary amides is 1. The van der Waals surface area contributed by atoms with E-state index in [2.05, 4.69) is 10.6 Å². The third kappa shape index (κ3) is 5.33. The molecular formula is C28H39FN4O4. The molecule has 2 aliphatic carbocycles. The van der Waals surface area contributed by atoms with Gasteiger partial charge in [0.25, 0.3) is 0 Å². The number of benzene rings is 1. The van der Waals surface area contributed by atoms with Crippen LogP contribution < -0.4 is 16.4 Å². The topological polar surface area (TPSA) is 114 Å². The largest absolute Gasteiger partial charge is 0.444 e. The normalized spacial score (nSPS) is 31.3. The third-order valence-corrected chi connectivity index (χ3v) is 8.74. The quantitative estimate of drug-likeness (QED) is 0.540. The molecule has 8 nitrogen and oxygen atoms in total. The molecular weight excluding hydrogens is 475 g/mol. The number of carbonyl (C=O) groups is 3. The van der Waals surface area contributed by atoms with E-state index in [4.69, 9.17) is 10.5 Å². The fraction of sp³-hybridized carbons (Fsp3) is 0.679. The molecule has 5 rings (SSSR count). The van der Waals surface area contributed by atoms with Crippen LogP contribution in [0.5, 0.6) is 0 Å². The van der Waals surface area contributed by atoms with Crippen LogP contribution in [0.4, 0.5) is 9.18 Å². The molecule has 0 aromatic heterocycles. The first kappa shape index (κ1) is 25.9. The molecule has 6 atom stereocenters. The summed E-state index contributed by atoms with van der Waals surface area (Å²) in [6.45, 7) is 7.43. The first-order chi connectivity index (χ1) is 17.5. The standard InChI is InChI=1S/C28H39FN4O4/c1-28(2,3)37-27(36)33-21-7-6-17(10-21)24(33)26(35)32-23(25(30)34)12-16-5-4-15(11-22(16)29)18-8-19-13-31-14-20(19)9-18/h4-5,11,17-21,23-24,31H,6-10,12-14H2,1-3H3,(H2,30,34)(H,32,35)/t17-,18?,19?,20?,21+,23-,24-/m0/s1. The minimum absolute atomic E-state index is 0.00293. The lowest BCUT2D eigenvalue weighted by atomic mass is 9.93. The van der Waals surface area contributed by atoms with E-state index in [1.165, 1.54) is 4.90 Å². The van der Waals surface area contributed by atoms with E-state index < -0.39 is 35.6 Å². The Morgan fingerprint density at radius 2 is 1.84 bits per heavy atom. The van der Waals surface area contributed by atoms with Gasteiger partial charge >= 0.3 is 6.09 Å². The number of hydrogen-bond acceptors (Lipinski definition) is 5. The van der Waals surface area contributed by atoms with Crippen molar-refractivity contribution in [1.29, 1.82) is 0 Å². The Morgan fingerprint density at radius 1 is 1.14 bits per heavy atom. The maximum atomic E-state index is 15.2. The van der Waals surface area contributed by atoms with Gasteiger partial charge in [0.15, 0.2) is 0 Å². The predicted octanol–water partition coefficient (Wildman–Crippen LogP) is 2.84.